The van der Waals surface area contributed by atoms with Gasteiger partial charge in [0.2, 0.25) is 0 Å². The van der Waals surface area contributed by atoms with Gasteiger partial charge in [-0.3, -0.25) is 10.9 Å². The van der Waals surface area contributed by atoms with Crippen LogP contribution in [0.2, 0.25) is 0 Å². The molecule has 2 saturated heterocycles. The first-order chi connectivity index (χ1) is 11.0. The number of rotatable bonds is 5. The summed E-state index contributed by atoms with van der Waals surface area (Å²) in [5.74, 6) is 0. The summed E-state index contributed by atoms with van der Waals surface area (Å²) >= 11 is 0. The highest BCUT2D eigenvalue weighted by Gasteiger charge is 2.25. The normalized spacial score (nSPS) is 28.8. The lowest BCUT2D eigenvalue weighted by atomic mass is 9.99. The summed E-state index contributed by atoms with van der Waals surface area (Å²) < 4.78 is 34.6. The average molecular weight is 340 g/mol. The molecule has 2 N–H and O–H groups in total. The second kappa shape index (κ2) is 7.27. The van der Waals surface area contributed by atoms with Crippen LogP contribution in [-0.4, -0.2) is 46.6 Å². The molecule has 6 nitrogen and oxygen atoms in total. The fourth-order valence-corrected chi connectivity index (χ4v) is 3.64. The van der Waals surface area contributed by atoms with E-state index < -0.39 is 9.84 Å². The van der Waals surface area contributed by atoms with Gasteiger partial charge in [-0.1, -0.05) is 12.1 Å². The van der Waals surface area contributed by atoms with E-state index in [1.54, 1.807) is 12.1 Å². The van der Waals surface area contributed by atoms with E-state index in [4.69, 9.17) is 9.47 Å². The maximum Gasteiger partial charge on any atom is 0.175 e. The van der Waals surface area contributed by atoms with Crippen molar-refractivity contribution in [3.05, 3.63) is 29.8 Å². The summed E-state index contributed by atoms with van der Waals surface area (Å²) in [5, 5.41) is 0. The third-order valence-electron chi connectivity index (χ3n) is 4.36. The number of ether oxygens (including phenoxy) is 2. The van der Waals surface area contributed by atoms with Gasteiger partial charge in [0.1, 0.15) is 0 Å². The Kier molecular flexibility index (Phi) is 5.33. The van der Waals surface area contributed by atoms with Crippen molar-refractivity contribution in [3.8, 4) is 0 Å². The van der Waals surface area contributed by atoms with Gasteiger partial charge >= 0.3 is 0 Å². The first kappa shape index (κ1) is 16.9. The highest BCUT2D eigenvalue weighted by molar-refractivity contribution is 7.90. The van der Waals surface area contributed by atoms with Crippen LogP contribution in [0.5, 0.6) is 0 Å². The van der Waals surface area contributed by atoms with Crippen LogP contribution in [0.3, 0.4) is 0 Å². The molecule has 1 aromatic carbocycles. The molecule has 2 aliphatic rings. The molecule has 2 fully saturated rings. The summed E-state index contributed by atoms with van der Waals surface area (Å²) in [6.45, 7) is 2.24. The van der Waals surface area contributed by atoms with Gasteiger partial charge in [-0.25, -0.2) is 8.42 Å². The van der Waals surface area contributed by atoms with Crippen LogP contribution in [0.15, 0.2) is 29.2 Å². The van der Waals surface area contributed by atoms with Crippen molar-refractivity contribution in [2.24, 2.45) is 0 Å². The fraction of sp³-hybridized carbons (Fsp3) is 0.625. The smallest absolute Gasteiger partial charge is 0.175 e. The van der Waals surface area contributed by atoms with Crippen molar-refractivity contribution in [1.82, 2.24) is 10.9 Å². The summed E-state index contributed by atoms with van der Waals surface area (Å²) in [6, 6.07) is 7.13. The van der Waals surface area contributed by atoms with Gasteiger partial charge in [0, 0.05) is 25.4 Å². The minimum Gasteiger partial charge on any atom is -0.376 e. The van der Waals surface area contributed by atoms with Crippen LogP contribution in [0, 0.1) is 0 Å². The zero-order valence-electron chi connectivity index (χ0n) is 13.3. The molecule has 128 valence electrons. The van der Waals surface area contributed by atoms with E-state index in [2.05, 4.69) is 10.9 Å². The van der Waals surface area contributed by atoms with Crippen LogP contribution in [-0.2, 0) is 19.3 Å². The Balaban J connectivity index is 1.57. The van der Waals surface area contributed by atoms with Crippen molar-refractivity contribution in [2.75, 3.05) is 26.0 Å². The number of sulfone groups is 1. The molecule has 2 aliphatic heterocycles. The minimum atomic E-state index is -3.15. The summed E-state index contributed by atoms with van der Waals surface area (Å²) in [6.07, 6.45) is 4.62. The Morgan fingerprint density at radius 3 is 2.74 bits per heavy atom. The van der Waals surface area contributed by atoms with Crippen LogP contribution >= 0.6 is 0 Å². The molecule has 3 rings (SSSR count). The molecule has 0 aromatic heterocycles. The maximum absolute atomic E-state index is 11.5. The van der Waals surface area contributed by atoms with E-state index in [9.17, 15) is 8.42 Å². The Morgan fingerprint density at radius 2 is 2.09 bits per heavy atom. The Bertz CT molecular complexity index is 611. The molecule has 0 saturated carbocycles. The van der Waals surface area contributed by atoms with Gasteiger partial charge < -0.3 is 9.47 Å². The minimum absolute atomic E-state index is 0.104. The van der Waals surface area contributed by atoms with Gasteiger partial charge in [-0.2, -0.15) is 0 Å². The first-order valence-electron chi connectivity index (χ1n) is 8.04. The molecule has 23 heavy (non-hydrogen) atoms. The lowest BCUT2D eigenvalue weighted by molar-refractivity contribution is -0.0357. The number of hydrogen-bond donors (Lipinski definition) is 2. The van der Waals surface area contributed by atoms with Crippen LogP contribution in [0.1, 0.15) is 30.9 Å². The van der Waals surface area contributed by atoms with Gasteiger partial charge in [0.05, 0.1) is 23.7 Å². The molecule has 7 heteroatoms. The van der Waals surface area contributed by atoms with Crippen molar-refractivity contribution >= 4 is 9.84 Å². The Morgan fingerprint density at radius 1 is 1.30 bits per heavy atom. The number of hydrazine groups is 1. The lowest BCUT2D eigenvalue weighted by Gasteiger charge is -2.32. The predicted molar refractivity (Wildman–Crippen MR) is 86.8 cm³/mol. The quantitative estimate of drug-likeness (QED) is 0.839. The van der Waals surface area contributed by atoms with Gasteiger partial charge in [0.15, 0.2) is 9.84 Å². The highest BCUT2D eigenvalue weighted by Crippen LogP contribution is 2.24. The molecule has 3 unspecified atom stereocenters. The zero-order valence-corrected chi connectivity index (χ0v) is 14.1. The van der Waals surface area contributed by atoms with E-state index in [1.807, 2.05) is 12.1 Å². The second-order valence-electron chi connectivity index (χ2n) is 6.25. The predicted octanol–water partition coefficient (Wildman–Crippen LogP) is 1.19. The number of nitrogens with one attached hydrogen (secondary N) is 2. The molecule has 0 bridgehead atoms. The molecule has 3 atom stereocenters. The van der Waals surface area contributed by atoms with Crippen LogP contribution < -0.4 is 10.9 Å². The van der Waals surface area contributed by atoms with Crippen LogP contribution in [0.25, 0.3) is 0 Å². The average Bonchev–Trinajstić information content (AvgIpc) is 3.06. The van der Waals surface area contributed by atoms with E-state index in [0.29, 0.717) is 11.5 Å². The van der Waals surface area contributed by atoms with Crippen LogP contribution in [0.4, 0.5) is 0 Å². The summed E-state index contributed by atoms with van der Waals surface area (Å²) in [5.41, 5.74) is 7.46. The van der Waals surface area contributed by atoms with E-state index in [0.717, 1.165) is 38.0 Å². The van der Waals surface area contributed by atoms with Gasteiger partial charge in [-0.05, 0) is 37.0 Å². The van der Waals surface area contributed by atoms with Crippen molar-refractivity contribution in [2.45, 2.75) is 42.4 Å². The summed E-state index contributed by atoms with van der Waals surface area (Å²) in [7, 11) is -3.15. The highest BCUT2D eigenvalue weighted by atomic mass is 32.2. The van der Waals surface area contributed by atoms with E-state index in [-0.39, 0.29) is 18.2 Å². The Labute approximate surface area is 137 Å². The summed E-state index contributed by atoms with van der Waals surface area (Å²) in [4.78, 5) is 0.344. The van der Waals surface area contributed by atoms with Gasteiger partial charge in [-0.15, -0.1) is 0 Å². The monoisotopic (exact) mass is 340 g/mol. The third kappa shape index (κ3) is 4.51. The molecule has 2 heterocycles. The molecular formula is C16H24N2O4S. The molecule has 0 radical (unpaired) electrons. The van der Waals surface area contributed by atoms with Gasteiger partial charge in [0.25, 0.3) is 0 Å². The van der Waals surface area contributed by atoms with Crippen molar-refractivity contribution < 1.29 is 17.9 Å². The number of hydrogen-bond acceptors (Lipinski definition) is 6. The zero-order chi connectivity index (χ0) is 16.3. The molecule has 0 aliphatic carbocycles. The SMILES string of the molecule is CS(=O)(=O)c1ccc(C2CC(OCC3CCCO3)CNN2)cc1. The van der Waals surface area contributed by atoms with E-state index >= 15 is 0 Å². The number of benzene rings is 1. The fourth-order valence-electron chi connectivity index (χ4n) is 3.01. The molecular weight excluding hydrogens is 316 g/mol. The van der Waals surface area contributed by atoms with Crippen molar-refractivity contribution in [3.63, 3.8) is 0 Å². The molecule has 1 aromatic rings. The van der Waals surface area contributed by atoms with Crippen molar-refractivity contribution in [1.29, 1.82) is 0 Å². The van der Waals surface area contributed by atoms with E-state index in [1.165, 1.54) is 6.26 Å². The topological polar surface area (TPSA) is 76.7 Å². The standard InChI is InChI=1S/C16H24N2O4S/c1-23(19,20)15-6-4-12(5-7-15)16-9-14(10-17-18-16)22-11-13-3-2-8-21-13/h4-7,13-14,16-18H,2-3,8-11H2,1H3. The second-order valence-corrected chi connectivity index (χ2v) is 8.26. The first-order valence-corrected chi connectivity index (χ1v) is 9.93. The lowest BCUT2D eigenvalue weighted by Crippen LogP contribution is -2.48. The molecule has 0 amide bonds. The Hall–Kier alpha value is -0.990. The third-order valence-corrected chi connectivity index (χ3v) is 5.49. The maximum atomic E-state index is 11.5. The largest absolute Gasteiger partial charge is 0.376 e. The molecule has 0 spiro atoms.